The van der Waals surface area contributed by atoms with Gasteiger partial charge in [-0.05, 0) is 43.3 Å². The summed E-state index contributed by atoms with van der Waals surface area (Å²) >= 11 is 0. The summed E-state index contributed by atoms with van der Waals surface area (Å²) in [6.45, 7) is 1.82. The van der Waals surface area contributed by atoms with Gasteiger partial charge in [-0.1, -0.05) is 24.0 Å². The number of aromatic nitrogens is 2. The van der Waals surface area contributed by atoms with E-state index in [1.807, 2.05) is 25.1 Å². The molecule has 3 rings (SSSR count). The molecule has 150 valence electrons. The maximum Gasteiger partial charge on any atom is 0.271 e. The Hall–Kier alpha value is -4.31. The molecular weight excluding hydrogens is 378 g/mol. The van der Waals surface area contributed by atoms with Gasteiger partial charge in [0.05, 0.1) is 0 Å². The number of nitrogens with two attached hydrogens (primary N) is 1. The fourth-order valence-corrected chi connectivity index (χ4v) is 2.61. The lowest BCUT2D eigenvalue weighted by molar-refractivity contribution is 0.0957. The number of nitrogens with one attached hydrogen (secondary N) is 2. The van der Waals surface area contributed by atoms with E-state index in [0.29, 0.717) is 22.6 Å². The first-order valence-corrected chi connectivity index (χ1v) is 9.18. The normalized spacial score (nSPS) is 10.7. The molecule has 0 aliphatic heterocycles. The highest BCUT2D eigenvalue weighted by Gasteiger charge is 2.11. The van der Waals surface area contributed by atoms with Crippen molar-refractivity contribution in [2.24, 2.45) is 5.73 Å². The predicted molar refractivity (Wildman–Crippen MR) is 116 cm³/mol. The van der Waals surface area contributed by atoms with E-state index in [1.54, 1.807) is 48.1 Å². The van der Waals surface area contributed by atoms with Gasteiger partial charge in [0.2, 0.25) is 0 Å². The zero-order valence-electron chi connectivity index (χ0n) is 16.6. The summed E-state index contributed by atoms with van der Waals surface area (Å²) in [5.41, 5.74) is 9.08. The Balaban J connectivity index is 1.78. The summed E-state index contributed by atoms with van der Waals surface area (Å²) in [4.78, 5) is 28.5. The molecule has 7 nitrogen and oxygen atoms in total. The van der Waals surface area contributed by atoms with Crippen molar-refractivity contribution in [1.82, 2.24) is 14.9 Å². The lowest BCUT2D eigenvalue weighted by Crippen LogP contribution is -2.18. The molecule has 2 amide bonds. The minimum Gasteiger partial charge on any atom is -0.404 e. The molecule has 0 saturated heterocycles. The molecule has 3 aromatic rings. The number of imidazole rings is 1. The molecule has 1 heterocycles. The molecule has 0 unspecified atom stereocenters. The molecule has 0 spiro atoms. The van der Waals surface area contributed by atoms with Crippen molar-refractivity contribution in [2.45, 2.75) is 6.92 Å². The van der Waals surface area contributed by atoms with E-state index >= 15 is 0 Å². The summed E-state index contributed by atoms with van der Waals surface area (Å²) in [5.74, 6) is 5.41. The van der Waals surface area contributed by atoms with Gasteiger partial charge in [0, 0.05) is 47.5 Å². The first kappa shape index (κ1) is 20.4. The number of benzene rings is 2. The van der Waals surface area contributed by atoms with Crippen molar-refractivity contribution in [1.29, 1.82) is 0 Å². The molecule has 0 fully saturated rings. The molecule has 2 aromatic carbocycles. The number of carbonyl (C=O) groups excluding carboxylic acids is 2. The number of allylic oxidation sites excluding steroid dienone is 1. The SMILES string of the molecule is CNC(=O)c1cn(-c2cccc(C(=O)Nc3cccc(C#C/C(C)=C/N)c3)c2)cn1. The van der Waals surface area contributed by atoms with Crippen molar-refractivity contribution in [2.75, 3.05) is 12.4 Å². The highest BCUT2D eigenvalue weighted by Crippen LogP contribution is 2.15. The first-order chi connectivity index (χ1) is 14.5. The number of hydrogen-bond donors (Lipinski definition) is 3. The van der Waals surface area contributed by atoms with Crippen LogP contribution in [-0.2, 0) is 0 Å². The standard InChI is InChI=1S/C23H21N5O2/c1-16(13-24)9-10-17-5-3-7-19(11-17)27-22(29)18-6-4-8-20(12-18)28-14-21(26-15-28)23(30)25-2/h3-8,11-15H,24H2,1-2H3,(H,25,30)(H,27,29)/b16-13+. The number of amides is 2. The summed E-state index contributed by atoms with van der Waals surface area (Å²) in [7, 11) is 1.54. The van der Waals surface area contributed by atoms with Gasteiger partial charge in [-0.2, -0.15) is 0 Å². The fraction of sp³-hybridized carbons (Fsp3) is 0.0870. The van der Waals surface area contributed by atoms with Crippen LogP contribution in [0.1, 0.15) is 33.3 Å². The summed E-state index contributed by atoms with van der Waals surface area (Å²) in [6, 6.07) is 14.3. The van der Waals surface area contributed by atoms with Gasteiger partial charge in [0.15, 0.2) is 0 Å². The summed E-state index contributed by atoms with van der Waals surface area (Å²) < 4.78 is 1.69. The molecule has 0 saturated carbocycles. The second-order valence-corrected chi connectivity index (χ2v) is 6.43. The van der Waals surface area contributed by atoms with E-state index in [4.69, 9.17) is 5.73 Å². The van der Waals surface area contributed by atoms with Crippen LogP contribution >= 0.6 is 0 Å². The molecule has 0 aliphatic rings. The van der Waals surface area contributed by atoms with Crippen LogP contribution in [-0.4, -0.2) is 28.4 Å². The monoisotopic (exact) mass is 399 g/mol. The Morgan fingerprint density at radius 3 is 2.70 bits per heavy atom. The average Bonchev–Trinajstić information content (AvgIpc) is 3.27. The van der Waals surface area contributed by atoms with Crippen molar-refractivity contribution in [3.05, 3.63) is 89.6 Å². The highest BCUT2D eigenvalue weighted by molar-refractivity contribution is 6.04. The Morgan fingerprint density at radius 1 is 1.13 bits per heavy atom. The number of hydrogen-bond acceptors (Lipinski definition) is 4. The average molecular weight is 399 g/mol. The fourth-order valence-electron chi connectivity index (χ4n) is 2.61. The van der Waals surface area contributed by atoms with Crippen molar-refractivity contribution < 1.29 is 9.59 Å². The van der Waals surface area contributed by atoms with Crippen LogP contribution in [0.4, 0.5) is 5.69 Å². The van der Waals surface area contributed by atoms with E-state index in [9.17, 15) is 9.59 Å². The lowest BCUT2D eigenvalue weighted by Gasteiger charge is -2.08. The van der Waals surface area contributed by atoms with Gasteiger partial charge in [0.1, 0.15) is 12.0 Å². The van der Waals surface area contributed by atoms with Gasteiger partial charge in [0.25, 0.3) is 11.8 Å². The van der Waals surface area contributed by atoms with Crippen molar-refractivity contribution in [3.63, 3.8) is 0 Å². The molecule has 0 aliphatic carbocycles. The number of nitrogens with zero attached hydrogens (tertiary/aromatic N) is 2. The van der Waals surface area contributed by atoms with E-state index < -0.39 is 0 Å². The van der Waals surface area contributed by atoms with Gasteiger partial charge < -0.3 is 20.9 Å². The van der Waals surface area contributed by atoms with Gasteiger partial charge >= 0.3 is 0 Å². The Labute approximate surface area is 174 Å². The van der Waals surface area contributed by atoms with Crippen LogP contribution in [0.25, 0.3) is 5.69 Å². The largest absolute Gasteiger partial charge is 0.404 e. The maximum absolute atomic E-state index is 12.7. The van der Waals surface area contributed by atoms with E-state index in [-0.39, 0.29) is 11.8 Å². The molecule has 4 N–H and O–H groups in total. The third kappa shape index (κ3) is 4.94. The Bertz CT molecular complexity index is 1180. The third-order valence-electron chi connectivity index (χ3n) is 4.22. The van der Waals surface area contributed by atoms with Crippen molar-refractivity contribution in [3.8, 4) is 17.5 Å². The summed E-state index contributed by atoms with van der Waals surface area (Å²) in [6.07, 6.45) is 4.58. The Morgan fingerprint density at radius 2 is 1.93 bits per heavy atom. The predicted octanol–water partition coefficient (Wildman–Crippen LogP) is 2.70. The van der Waals surface area contributed by atoms with Gasteiger partial charge in [-0.25, -0.2) is 4.98 Å². The molecule has 1 aromatic heterocycles. The first-order valence-electron chi connectivity index (χ1n) is 9.18. The van der Waals surface area contributed by atoms with E-state index in [2.05, 4.69) is 27.5 Å². The minimum atomic E-state index is -0.275. The van der Waals surface area contributed by atoms with Crippen LogP contribution < -0.4 is 16.4 Å². The molecule has 0 radical (unpaired) electrons. The van der Waals surface area contributed by atoms with Crippen LogP contribution in [0, 0.1) is 11.8 Å². The molecular formula is C23H21N5O2. The van der Waals surface area contributed by atoms with Crippen LogP contribution in [0.15, 0.2) is 72.8 Å². The zero-order chi connectivity index (χ0) is 21.5. The van der Waals surface area contributed by atoms with Crippen LogP contribution in [0.3, 0.4) is 0 Å². The number of carbonyl (C=O) groups is 2. The van der Waals surface area contributed by atoms with Crippen molar-refractivity contribution >= 4 is 17.5 Å². The lowest BCUT2D eigenvalue weighted by atomic mass is 10.1. The second kappa shape index (κ2) is 9.26. The van der Waals surface area contributed by atoms with E-state index in [0.717, 1.165) is 11.1 Å². The minimum absolute atomic E-state index is 0.258. The third-order valence-corrected chi connectivity index (χ3v) is 4.22. The zero-order valence-corrected chi connectivity index (χ0v) is 16.6. The van der Waals surface area contributed by atoms with Crippen LogP contribution in [0.2, 0.25) is 0 Å². The summed E-state index contributed by atoms with van der Waals surface area (Å²) in [5, 5.41) is 5.40. The van der Waals surface area contributed by atoms with Crippen LogP contribution in [0.5, 0.6) is 0 Å². The van der Waals surface area contributed by atoms with Gasteiger partial charge in [-0.3, -0.25) is 9.59 Å². The smallest absolute Gasteiger partial charge is 0.271 e. The highest BCUT2D eigenvalue weighted by atomic mass is 16.2. The number of rotatable bonds is 4. The molecule has 7 heteroatoms. The maximum atomic E-state index is 12.7. The van der Waals surface area contributed by atoms with Gasteiger partial charge in [-0.15, -0.1) is 0 Å². The van der Waals surface area contributed by atoms with E-state index in [1.165, 1.54) is 12.5 Å². The second-order valence-electron chi connectivity index (χ2n) is 6.43. The topological polar surface area (TPSA) is 102 Å². The molecule has 0 atom stereocenters. The Kier molecular flexibility index (Phi) is 6.30. The molecule has 30 heavy (non-hydrogen) atoms. The molecule has 0 bridgehead atoms. The number of anilines is 1. The quantitative estimate of drug-likeness (QED) is 0.587.